The van der Waals surface area contributed by atoms with E-state index in [1.165, 1.54) is 20.3 Å². The molecule has 4 rings (SSSR count). The van der Waals surface area contributed by atoms with Crippen molar-refractivity contribution in [3.63, 3.8) is 0 Å². The molecule has 1 fully saturated rings. The van der Waals surface area contributed by atoms with Crippen molar-refractivity contribution in [2.75, 3.05) is 27.3 Å². The quantitative estimate of drug-likeness (QED) is 0.524. The first-order valence-corrected chi connectivity index (χ1v) is 12.2. The third-order valence-electron chi connectivity index (χ3n) is 5.03. The Balaban J connectivity index is 1.48. The highest BCUT2D eigenvalue weighted by Gasteiger charge is 2.26. The molecule has 0 atom stereocenters. The molecule has 32 heavy (non-hydrogen) atoms. The molecule has 0 bridgehead atoms. The fourth-order valence-corrected chi connectivity index (χ4v) is 5.52. The number of hydrogen-bond donors (Lipinski definition) is 1. The highest BCUT2D eigenvalue weighted by atomic mass is 32.2. The largest absolute Gasteiger partial charge is 0.497 e. The molecular weight excluding hydrogens is 456 g/mol. The number of benzene rings is 1. The van der Waals surface area contributed by atoms with Crippen LogP contribution in [-0.2, 0) is 16.6 Å². The maximum atomic E-state index is 12.8. The Morgan fingerprint density at radius 1 is 1.19 bits per heavy atom. The van der Waals surface area contributed by atoms with Gasteiger partial charge in [0.15, 0.2) is 0 Å². The minimum atomic E-state index is -3.81. The van der Waals surface area contributed by atoms with E-state index in [4.69, 9.17) is 13.9 Å². The Kier molecular flexibility index (Phi) is 6.44. The number of amides is 1. The molecule has 170 valence electrons. The number of likely N-dealkylation sites (tertiary alicyclic amines) is 1. The third-order valence-corrected chi connectivity index (χ3v) is 7.87. The summed E-state index contributed by atoms with van der Waals surface area (Å²) in [5.41, 5.74) is 1.07. The SMILES string of the molecule is COc1ccc(OC)c(CNS(=O)(=O)c2cc(-c3nnc(C(=O)N4CCCC4)o3)cs2)c1. The predicted molar refractivity (Wildman–Crippen MR) is 116 cm³/mol. The van der Waals surface area contributed by atoms with Crippen molar-refractivity contribution < 1.29 is 27.1 Å². The van der Waals surface area contributed by atoms with Gasteiger partial charge in [0.25, 0.3) is 0 Å². The number of aromatic nitrogens is 2. The molecule has 0 spiro atoms. The molecule has 12 heteroatoms. The fourth-order valence-electron chi connectivity index (χ4n) is 3.32. The molecule has 0 aliphatic carbocycles. The summed E-state index contributed by atoms with van der Waals surface area (Å²) in [7, 11) is -0.761. The second-order valence-corrected chi connectivity index (χ2v) is 9.97. The van der Waals surface area contributed by atoms with Crippen molar-refractivity contribution in [1.29, 1.82) is 0 Å². The third kappa shape index (κ3) is 4.61. The van der Waals surface area contributed by atoms with Gasteiger partial charge in [-0.3, -0.25) is 4.79 Å². The van der Waals surface area contributed by atoms with Crippen LogP contribution in [0.2, 0.25) is 0 Å². The van der Waals surface area contributed by atoms with Crippen molar-refractivity contribution in [2.24, 2.45) is 0 Å². The normalized spacial score (nSPS) is 14.0. The summed E-state index contributed by atoms with van der Waals surface area (Å²) in [6, 6.07) is 6.59. The van der Waals surface area contributed by atoms with E-state index in [0.717, 1.165) is 24.2 Å². The Morgan fingerprint density at radius 2 is 1.97 bits per heavy atom. The lowest BCUT2D eigenvalue weighted by molar-refractivity contribution is 0.0754. The van der Waals surface area contributed by atoms with Gasteiger partial charge in [0.1, 0.15) is 15.7 Å². The Hall–Kier alpha value is -2.96. The van der Waals surface area contributed by atoms with Gasteiger partial charge in [-0.2, -0.15) is 0 Å². The summed E-state index contributed by atoms with van der Waals surface area (Å²) in [5, 5.41) is 9.33. The molecule has 2 aromatic heterocycles. The summed E-state index contributed by atoms with van der Waals surface area (Å²) < 4.78 is 44.2. The molecule has 1 amide bonds. The molecule has 0 unspecified atom stereocenters. The molecule has 1 aromatic carbocycles. The molecular formula is C20H22N4O6S2. The van der Waals surface area contributed by atoms with Gasteiger partial charge in [-0.15, -0.1) is 21.5 Å². The van der Waals surface area contributed by atoms with E-state index in [-0.39, 0.29) is 28.4 Å². The number of rotatable bonds is 8. The van der Waals surface area contributed by atoms with E-state index in [1.54, 1.807) is 28.5 Å². The Bertz CT molecular complexity index is 1210. The number of sulfonamides is 1. The number of nitrogens with one attached hydrogen (secondary N) is 1. The van der Waals surface area contributed by atoms with Crippen molar-refractivity contribution in [3.05, 3.63) is 41.1 Å². The first-order valence-electron chi connectivity index (χ1n) is 9.83. The van der Waals surface area contributed by atoms with Gasteiger partial charge < -0.3 is 18.8 Å². The van der Waals surface area contributed by atoms with Crippen LogP contribution in [0.25, 0.3) is 11.5 Å². The molecule has 3 aromatic rings. The van der Waals surface area contributed by atoms with Crippen LogP contribution in [-0.4, -0.2) is 56.7 Å². The standard InChI is InChI=1S/C20H22N4O6S2/c1-28-15-5-6-16(29-2)13(9-15)11-21-32(26,27)17-10-14(12-31-17)18-22-23-19(30-18)20(25)24-7-3-4-8-24/h5-6,9-10,12,21H,3-4,7-8,11H2,1-2H3. The van der Waals surface area contributed by atoms with E-state index in [9.17, 15) is 13.2 Å². The van der Waals surface area contributed by atoms with Crippen LogP contribution in [0.15, 0.2) is 38.3 Å². The van der Waals surface area contributed by atoms with E-state index in [2.05, 4.69) is 14.9 Å². The summed E-state index contributed by atoms with van der Waals surface area (Å²) in [6.07, 6.45) is 1.90. The number of nitrogens with zero attached hydrogens (tertiary/aromatic N) is 3. The van der Waals surface area contributed by atoms with Crippen LogP contribution in [0.5, 0.6) is 11.5 Å². The van der Waals surface area contributed by atoms with Crippen LogP contribution in [0.4, 0.5) is 0 Å². The average Bonchev–Trinajstić information content (AvgIpc) is 3.57. The smallest absolute Gasteiger partial charge is 0.311 e. The Morgan fingerprint density at radius 3 is 2.69 bits per heavy atom. The molecule has 1 aliphatic heterocycles. The van der Waals surface area contributed by atoms with Crippen LogP contribution >= 0.6 is 11.3 Å². The van der Waals surface area contributed by atoms with E-state index < -0.39 is 10.0 Å². The molecule has 1 N–H and O–H groups in total. The maximum Gasteiger partial charge on any atom is 0.311 e. The molecule has 3 heterocycles. The van der Waals surface area contributed by atoms with Crippen molar-refractivity contribution in [3.8, 4) is 23.0 Å². The minimum Gasteiger partial charge on any atom is -0.497 e. The Labute approximate surface area is 189 Å². The number of ether oxygens (including phenoxy) is 2. The van der Waals surface area contributed by atoms with E-state index in [1.807, 2.05) is 0 Å². The van der Waals surface area contributed by atoms with Gasteiger partial charge >= 0.3 is 11.8 Å². The molecule has 1 aliphatic rings. The zero-order chi connectivity index (χ0) is 22.7. The highest BCUT2D eigenvalue weighted by molar-refractivity contribution is 7.91. The van der Waals surface area contributed by atoms with Gasteiger partial charge in [0.2, 0.25) is 15.9 Å². The topological polar surface area (TPSA) is 124 Å². The second-order valence-electron chi connectivity index (χ2n) is 7.07. The van der Waals surface area contributed by atoms with Gasteiger partial charge in [-0.25, -0.2) is 13.1 Å². The van der Waals surface area contributed by atoms with Gasteiger partial charge in [0, 0.05) is 30.6 Å². The molecule has 0 saturated carbocycles. The first-order chi connectivity index (χ1) is 15.4. The monoisotopic (exact) mass is 478 g/mol. The van der Waals surface area contributed by atoms with Gasteiger partial charge in [-0.1, -0.05) is 0 Å². The number of carbonyl (C=O) groups excluding carboxylic acids is 1. The summed E-state index contributed by atoms with van der Waals surface area (Å²) in [4.78, 5) is 14.0. The van der Waals surface area contributed by atoms with Crippen LogP contribution in [0, 0.1) is 0 Å². The molecule has 0 radical (unpaired) electrons. The van der Waals surface area contributed by atoms with Gasteiger partial charge in [0.05, 0.1) is 19.8 Å². The minimum absolute atomic E-state index is 0.0188. The van der Waals surface area contributed by atoms with E-state index in [0.29, 0.717) is 35.7 Å². The first kappa shape index (κ1) is 22.2. The fraction of sp³-hybridized carbons (Fsp3) is 0.350. The van der Waals surface area contributed by atoms with E-state index >= 15 is 0 Å². The lowest BCUT2D eigenvalue weighted by Crippen LogP contribution is -2.27. The van der Waals surface area contributed by atoms with Crippen LogP contribution in [0.1, 0.15) is 29.1 Å². The molecule has 10 nitrogen and oxygen atoms in total. The summed E-state index contributed by atoms with van der Waals surface area (Å²) >= 11 is 1.02. The average molecular weight is 479 g/mol. The van der Waals surface area contributed by atoms with Crippen LogP contribution < -0.4 is 14.2 Å². The van der Waals surface area contributed by atoms with Gasteiger partial charge in [-0.05, 0) is 37.1 Å². The highest BCUT2D eigenvalue weighted by Crippen LogP contribution is 2.29. The summed E-state index contributed by atoms with van der Waals surface area (Å²) in [6.45, 7) is 1.35. The number of carbonyl (C=O) groups is 1. The van der Waals surface area contributed by atoms with Crippen LogP contribution in [0.3, 0.4) is 0 Å². The van der Waals surface area contributed by atoms with Crippen molar-refractivity contribution in [2.45, 2.75) is 23.6 Å². The lowest BCUT2D eigenvalue weighted by atomic mass is 10.2. The summed E-state index contributed by atoms with van der Waals surface area (Å²) in [5.74, 6) is 0.828. The number of hydrogen-bond acceptors (Lipinski definition) is 9. The zero-order valence-corrected chi connectivity index (χ0v) is 19.2. The lowest BCUT2D eigenvalue weighted by Gasteiger charge is -2.11. The van der Waals surface area contributed by atoms with Crippen molar-refractivity contribution in [1.82, 2.24) is 19.8 Å². The second kappa shape index (κ2) is 9.27. The predicted octanol–water partition coefficient (Wildman–Crippen LogP) is 2.53. The zero-order valence-electron chi connectivity index (χ0n) is 17.5. The van der Waals surface area contributed by atoms with Crippen molar-refractivity contribution >= 4 is 27.3 Å². The molecule has 1 saturated heterocycles. The maximum absolute atomic E-state index is 12.8. The number of methoxy groups -OCH3 is 2. The number of thiophene rings is 1.